The number of carbonyl (C=O) groups is 1. The third kappa shape index (κ3) is 2.69. The van der Waals surface area contributed by atoms with Crippen LogP contribution in [0.4, 0.5) is 18.9 Å². The molecular weight excluding hydrogens is 249 g/mol. The number of nitrogens with two attached hydrogens (primary N) is 2. The van der Waals surface area contributed by atoms with Gasteiger partial charge >= 0.3 is 6.36 Å². The van der Waals surface area contributed by atoms with E-state index in [2.05, 4.69) is 4.74 Å². The predicted molar refractivity (Wildman–Crippen MR) is 51.1 cm³/mol. The van der Waals surface area contributed by atoms with Gasteiger partial charge in [-0.05, 0) is 12.1 Å². The predicted octanol–water partition coefficient (Wildman–Crippen LogP) is 1.92. The zero-order chi connectivity index (χ0) is 12.5. The van der Waals surface area contributed by atoms with Crippen molar-refractivity contribution in [3.8, 4) is 5.75 Å². The molecule has 0 aromatic heterocycles. The van der Waals surface area contributed by atoms with Gasteiger partial charge in [-0.2, -0.15) is 0 Å². The third-order valence-corrected chi connectivity index (χ3v) is 1.90. The summed E-state index contributed by atoms with van der Waals surface area (Å²) in [7, 11) is 0. The fourth-order valence-electron chi connectivity index (χ4n) is 1.04. The minimum absolute atomic E-state index is 0.240. The molecule has 0 aliphatic carbocycles. The van der Waals surface area contributed by atoms with Crippen molar-refractivity contribution in [1.82, 2.24) is 0 Å². The van der Waals surface area contributed by atoms with Crippen LogP contribution in [0.5, 0.6) is 5.75 Å². The molecule has 0 aliphatic heterocycles. The summed E-state index contributed by atoms with van der Waals surface area (Å²) in [5.41, 5.74) is 9.35. The van der Waals surface area contributed by atoms with Gasteiger partial charge in [-0.25, -0.2) is 0 Å². The van der Waals surface area contributed by atoms with Crippen molar-refractivity contribution < 1.29 is 22.7 Å². The molecular formula is C8H6ClF3N2O2. The molecule has 1 rings (SSSR count). The van der Waals surface area contributed by atoms with Crippen molar-refractivity contribution >= 4 is 23.2 Å². The van der Waals surface area contributed by atoms with Crippen LogP contribution in [0.1, 0.15) is 10.4 Å². The quantitative estimate of drug-likeness (QED) is 0.792. The SMILES string of the molecule is NC(=O)c1c(N)ccc(Cl)c1OC(F)(F)F. The summed E-state index contributed by atoms with van der Waals surface area (Å²) in [5.74, 6) is -2.04. The summed E-state index contributed by atoms with van der Waals surface area (Å²) in [6.45, 7) is 0. The number of ether oxygens (including phenoxy) is 1. The molecule has 0 atom stereocenters. The van der Waals surface area contributed by atoms with Gasteiger partial charge in [-0.15, -0.1) is 13.2 Å². The zero-order valence-corrected chi connectivity index (χ0v) is 8.39. The number of anilines is 1. The van der Waals surface area contributed by atoms with Crippen LogP contribution < -0.4 is 16.2 Å². The van der Waals surface area contributed by atoms with Crippen molar-refractivity contribution in [3.05, 3.63) is 22.7 Å². The van der Waals surface area contributed by atoms with Crippen molar-refractivity contribution in [2.45, 2.75) is 6.36 Å². The fourth-order valence-corrected chi connectivity index (χ4v) is 1.24. The summed E-state index contributed by atoms with van der Waals surface area (Å²) in [6, 6.07) is 2.23. The molecule has 16 heavy (non-hydrogen) atoms. The maximum Gasteiger partial charge on any atom is 0.573 e. The molecule has 0 heterocycles. The minimum Gasteiger partial charge on any atom is -0.403 e. The highest BCUT2D eigenvalue weighted by molar-refractivity contribution is 6.33. The number of amides is 1. The number of hydrogen-bond acceptors (Lipinski definition) is 3. The average molecular weight is 255 g/mol. The van der Waals surface area contributed by atoms with Gasteiger partial charge in [0, 0.05) is 5.69 Å². The maximum absolute atomic E-state index is 12.0. The minimum atomic E-state index is -4.98. The van der Waals surface area contributed by atoms with E-state index in [9.17, 15) is 18.0 Å². The molecule has 0 saturated heterocycles. The van der Waals surface area contributed by atoms with Crippen molar-refractivity contribution in [2.75, 3.05) is 5.73 Å². The normalized spacial score (nSPS) is 11.2. The van der Waals surface area contributed by atoms with Crippen LogP contribution in [-0.2, 0) is 0 Å². The van der Waals surface area contributed by atoms with Crippen LogP contribution in [0.25, 0.3) is 0 Å². The summed E-state index contributed by atoms with van der Waals surface area (Å²) in [6.07, 6.45) is -4.98. The van der Waals surface area contributed by atoms with Crippen LogP contribution in [0.2, 0.25) is 5.02 Å². The van der Waals surface area contributed by atoms with E-state index < -0.39 is 28.6 Å². The van der Waals surface area contributed by atoms with Gasteiger partial charge in [0.05, 0.1) is 5.02 Å². The number of rotatable bonds is 2. The van der Waals surface area contributed by atoms with Crippen LogP contribution in [-0.4, -0.2) is 12.3 Å². The highest BCUT2D eigenvalue weighted by Gasteiger charge is 2.34. The molecule has 4 nitrogen and oxygen atoms in total. The average Bonchev–Trinajstić information content (AvgIpc) is 2.08. The first-order valence-corrected chi connectivity index (χ1v) is 4.23. The van der Waals surface area contributed by atoms with Gasteiger partial charge in [0.25, 0.3) is 5.91 Å². The van der Waals surface area contributed by atoms with Crippen molar-refractivity contribution in [2.24, 2.45) is 5.73 Å². The number of benzene rings is 1. The standard InChI is InChI=1S/C8H6ClF3N2O2/c9-3-1-2-4(13)5(7(14)15)6(3)16-8(10,11)12/h1-2H,13H2,(H2,14,15). The molecule has 0 fully saturated rings. The lowest BCUT2D eigenvalue weighted by atomic mass is 10.1. The van der Waals surface area contributed by atoms with Gasteiger partial charge in [-0.1, -0.05) is 11.6 Å². The number of alkyl halides is 3. The van der Waals surface area contributed by atoms with E-state index in [1.807, 2.05) is 0 Å². The van der Waals surface area contributed by atoms with E-state index in [-0.39, 0.29) is 5.69 Å². The van der Waals surface area contributed by atoms with Gasteiger partial charge < -0.3 is 16.2 Å². The molecule has 1 aromatic carbocycles. The van der Waals surface area contributed by atoms with Gasteiger partial charge in [0.15, 0.2) is 5.75 Å². The lowest BCUT2D eigenvalue weighted by molar-refractivity contribution is -0.274. The van der Waals surface area contributed by atoms with Gasteiger partial charge in [0.2, 0.25) is 0 Å². The summed E-state index contributed by atoms with van der Waals surface area (Å²) < 4.78 is 39.7. The smallest absolute Gasteiger partial charge is 0.403 e. The first-order chi connectivity index (χ1) is 7.22. The van der Waals surface area contributed by atoms with E-state index in [1.165, 1.54) is 0 Å². The molecule has 0 aliphatic rings. The van der Waals surface area contributed by atoms with Crippen molar-refractivity contribution in [1.29, 1.82) is 0 Å². The Balaban J connectivity index is 3.35. The Bertz CT molecular complexity index is 434. The Morgan fingerprint density at radius 2 is 1.94 bits per heavy atom. The first kappa shape index (κ1) is 12.4. The summed E-state index contributed by atoms with van der Waals surface area (Å²) >= 11 is 5.46. The topological polar surface area (TPSA) is 78.3 Å². The molecule has 88 valence electrons. The van der Waals surface area contributed by atoms with Gasteiger partial charge in [-0.3, -0.25) is 4.79 Å². The van der Waals surface area contributed by atoms with E-state index in [0.29, 0.717) is 0 Å². The second-order valence-corrected chi connectivity index (χ2v) is 3.16. The third-order valence-electron chi connectivity index (χ3n) is 1.61. The fraction of sp³-hybridized carbons (Fsp3) is 0.125. The van der Waals surface area contributed by atoms with Gasteiger partial charge in [0.1, 0.15) is 5.56 Å². The van der Waals surface area contributed by atoms with Crippen LogP contribution in [0.3, 0.4) is 0 Å². The van der Waals surface area contributed by atoms with Crippen molar-refractivity contribution in [3.63, 3.8) is 0 Å². The number of primary amides is 1. The Hall–Kier alpha value is -1.63. The second-order valence-electron chi connectivity index (χ2n) is 2.75. The Morgan fingerprint density at radius 3 is 2.38 bits per heavy atom. The zero-order valence-electron chi connectivity index (χ0n) is 7.64. The largest absolute Gasteiger partial charge is 0.573 e. The monoisotopic (exact) mass is 254 g/mol. The van der Waals surface area contributed by atoms with Crippen LogP contribution in [0, 0.1) is 0 Å². The summed E-state index contributed by atoms with van der Waals surface area (Å²) in [5, 5.41) is -0.402. The Kier molecular flexibility index (Phi) is 3.18. The van der Waals surface area contributed by atoms with E-state index in [0.717, 1.165) is 12.1 Å². The Morgan fingerprint density at radius 1 is 1.38 bits per heavy atom. The number of hydrogen-bond donors (Lipinski definition) is 2. The second kappa shape index (κ2) is 4.09. The molecule has 0 bridgehead atoms. The molecule has 8 heteroatoms. The number of halogens is 4. The molecule has 4 N–H and O–H groups in total. The highest BCUT2D eigenvalue weighted by Crippen LogP contribution is 2.36. The molecule has 1 aromatic rings. The molecule has 0 unspecified atom stereocenters. The first-order valence-electron chi connectivity index (χ1n) is 3.86. The van der Waals surface area contributed by atoms with Crippen LogP contribution in [0.15, 0.2) is 12.1 Å². The molecule has 0 radical (unpaired) electrons. The lowest BCUT2D eigenvalue weighted by Crippen LogP contribution is -2.22. The van der Waals surface area contributed by atoms with E-state index in [4.69, 9.17) is 23.1 Å². The maximum atomic E-state index is 12.0. The van der Waals surface area contributed by atoms with Crippen LogP contribution >= 0.6 is 11.6 Å². The van der Waals surface area contributed by atoms with E-state index in [1.54, 1.807) is 0 Å². The Labute approximate surface area is 92.9 Å². The van der Waals surface area contributed by atoms with E-state index >= 15 is 0 Å². The molecule has 1 amide bonds. The lowest BCUT2D eigenvalue weighted by Gasteiger charge is -2.14. The summed E-state index contributed by atoms with van der Waals surface area (Å²) in [4.78, 5) is 10.9. The number of nitrogen functional groups attached to an aromatic ring is 1. The highest BCUT2D eigenvalue weighted by atomic mass is 35.5. The molecule has 0 spiro atoms. The number of carbonyl (C=O) groups excluding carboxylic acids is 1. The molecule has 0 saturated carbocycles.